The van der Waals surface area contributed by atoms with Gasteiger partial charge in [-0.15, -0.1) is 10.2 Å². The van der Waals surface area contributed by atoms with Crippen molar-refractivity contribution in [2.45, 2.75) is 44.9 Å². The zero-order chi connectivity index (χ0) is 24.5. The topological polar surface area (TPSA) is 70.9 Å². The van der Waals surface area contributed by atoms with E-state index in [1.807, 2.05) is 22.8 Å². The summed E-state index contributed by atoms with van der Waals surface area (Å²) >= 11 is 0. The molecule has 0 N–H and O–H groups in total. The minimum Gasteiger partial charge on any atom is -0.493 e. The molecule has 0 unspecified atom stereocenters. The van der Waals surface area contributed by atoms with Crippen LogP contribution in [0.4, 0.5) is 0 Å². The lowest BCUT2D eigenvalue weighted by Crippen LogP contribution is -2.39. The van der Waals surface area contributed by atoms with Gasteiger partial charge < -0.3 is 23.5 Å². The van der Waals surface area contributed by atoms with Gasteiger partial charge in [0.25, 0.3) is 0 Å². The van der Waals surface area contributed by atoms with Crippen LogP contribution < -0.4 is 14.2 Å². The molecule has 8 heteroatoms. The molecule has 0 spiro atoms. The molecule has 2 aromatic carbocycles. The molecular weight excluding hydrogens is 444 g/mol. The van der Waals surface area contributed by atoms with Crippen molar-refractivity contribution in [1.82, 2.24) is 19.7 Å². The second-order valence-corrected chi connectivity index (χ2v) is 9.15. The summed E-state index contributed by atoms with van der Waals surface area (Å²) in [4.78, 5) is 2.48. The third kappa shape index (κ3) is 6.96. The van der Waals surface area contributed by atoms with Crippen LogP contribution in [0.15, 0.2) is 55.1 Å². The number of hydrogen-bond acceptors (Lipinski definition) is 7. The van der Waals surface area contributed by atoms with Gasteiger partial charge in [-0.05, 0) is 62.6 Å². The highest BCUT2D eigenvalue weighted by molar-refractivity contribution is 5.43. The molecule has 0 saturated carbocycles. The normalized spacial score (nSPS) is 18.7. The summed E-state index contributed by atoms with van der Waals surface area (Å²) in [7, 11) is 3.47. The highest BCUT2D eigenvalue weighted by Gasteiger charge is 2.33. The number of methoxy groups -OCH3 is 2. The molecule has 35 heavy (non-hydrogen) atoms. The Balaban J connectivity index is 1.33. The number of ether oxygens (including phenoxy) is 4. The SMILES string of the molecule is COc1ccc(CN2CCC[C@](COc3ccc(C)cc3)(OC)CC2)cc1OCCn1cnnc1. The van der Waals surface area contributed by atoms with Gasteiger partial charge in [0.2, 0.25) is 0 Å². The Hall–Kier alpha value is -3.10. The Bertz CT molecular complexity index is 1040. The van der Waals surface area contributed by atoms with Crippen LogP contribution in [0, 0.1) is 6.92 Å². The van der Waals surface area contributed by atoms with E-state index in [1.165, 1.54) is 11.1 Å². The van der Waals surface area contributed by atoms with Crippen LogP contribution in [0.2, 0.25) is 0 Å². The van der Waals surface area contributed by atoms with Gasteiger partial charge in [-0.2, -0.15) is 0 Å². The molecule has 1 fully saturated rings. The first kappa shape index (κ1) is 25.0. The van der Waals surface area contributed by atoms with Crippen LogP contribution in [0.5, 0.6) is 17.2 Å². The van der Waals surface area contributed by atoms with Crippen LogP contribution in [0.1, 0.15) is 30.4 Å². The lowest BCUT2D eigenvalue weighted by molar-refractivity contribution is -0.0541. The molecule has 1 aromatic heterocycles. The Morgan fingerprint density at radius 1 is 0.914 bits per heavy atom. The summed E-state index contributed by atoms with van der Waals surface area (Å²) in [5, 5.41) is 7.65. The predicted molar refractivity (Wildman–Crippen MR) is 134 cm³/mol. The van der Waals surface area contributed by atoms with E-state index in [-0.39, 0.29) is 5.60 Å². The van der Waals surface area contributed by atoms with E-state index in [9.17, 15) is 0 Å². The molecule has 1 saturated heterocycles. The third-order valence-corrected chi connectivity index (χ3v) is 6.65. The van der Waals surface area contributed by atoms with Crippen molar-refractivity contribution in [1.29, 1.82) is 0 Å². The molecule has 0 radical (unpaired) electrons. The van der Waals surface area contributed by atoms with Crippen LogP contribution in [-0.2, 0) is 17.8 Å². The molecule has 3 aromatic rings. The fraction of sp³-hybridized carbons (Fsp3) is 0.481. The van der Waals surface area contributed by atoms with Crippen molar-refractivity contribution >= 4 is 0 Å². The second-order valence-electron chi connectivity index (χ2n) is 9.15. The number of aryl methyl sites for hydroxylation is 1. The summed E-state index contributed by atoms with van der Waals surface area (Å²) in [6.45, 7) is 6.65. The largest absolute Gasteiger partial charge is 0.493 e. The lowest BCUT2D eigenvalue weighted by Gasteiger charge is -2.31. The van der Waals surface area contributed by atoms with Crippen LogP contribution in [-0.4, -0.2) is 65.8 Å². The zero-order valence-electron chi connectivity index (χ0n) is 21.0. The van der Waals surface area contributed by atoms with Crippen LogP contribution >= 0.6 is 0 Å². The highest BCUT2D eigenvalue weighted by atomic mass is 16.5. The van der Waals surface area contributed by atoms with Crippen molar-refractivity contribution in [2.75, 3.05) is 40.5 Å². The third-order valence-electron chi connectivity index (χ3n) is 6.65. The van der Waals surface area contributed by atoms with E-state index in [1.54, 1.807) is 26.9 Å². The van der Waals surface area contributed by atoms with E-state index in [2.05, 4.69) is 46.3 Å². The van der Waals surface area contributed by atoms with Crippen molar-refractivity contribution in [2.24, 2.45) is 0 Å². The lowest BCUT2D eigenvalue weighted by atomic mass is 9.95. The van der Waals surface area contributed by atoms with Gasteiger partial charge in [0.15, 0.2) is 11.5 Å². The molecule has 1 atom stereocenters. The molecule has 188 valence electrons. The molecule has 0 bridgehead atoms. The molecule has 2 heterocycles. The van der Waals surface area contributed by atoms with Crippen LogP contribution in [0.25, 0.3) is 0 Å². The predicted octanol–water partition coefficient (Wildman–Crippen LogP) is 4.12. The Morgan fingerprint density at radius 3 is 2.46 bits per heavy atom. The molecule has 0 aliphatic carbocycles. The second kappa shape index (κ2) is 12.0. The summed E-state index contributed by atoms with van der Waals surface area (Å²) in [5.74, 6) is 2.38. The van der Waals surface area contributed by atoms with Crippen molar-refractivity contribution in [3.8, 4) is 17.2 Å². The first-order valence-corrected chi connectivity index (χ1v) is 12.2. The fourth-order valence-corrected chi connectivity index (χ4v) is 4.43. The smallest absolute Gasteiger partial charge is 0.161 e. The van der Waals surface area contributed by atoms with Gasteiger partial charge in [-0.25, -0.2) is 0 Å². The van der Waals surface area contributed by atoms with Gasteiger partial charge in [0, 0.05) is 20.2 Å². The number of benzene rings is 2. The highest BCUT2D eigenvalue weighted by Crippen LogP contribution is 2.31. The average molecular weight is 481 g/mol. The van der Waals surface area contributed by atoms with Gasteiger partial charge in [-0.3, -0.25) is 4.90 Å². The van der Waals surface area contributed by atoms with E-state index in [4.69, 9.17) is 18.9 Å². The van der Waals surface area contributed by atoms with Crippen LogP contribution in [0.3, 0.4) is 0 Å². The number of rotatable bonds is 11. The van der Waals surface area contributed by atoms with Gasteiger partial charge in [0.1, 0.15) is 37.2 Å². The standard InChI is InChI=1S/C27H36N4O4/c1-22-5-8-24(9-6-22)35-19-27(33-3)11-4-13-30(14-12-27)18-23-7-10-25(32-2)26(17-23)34-16-15-31-20-28-29-21-31/h5-10,17,20-21H,4,11-16,18-19H2,1-3H3/t27-/m0/s1. The average Bonchev–Trinajstić information content (AvgIpc) is 3.32. The number of aromatic nitrogens is 3. The molecular formula is C27H36N4O4. The Kier molecular flexibility index (Phi) is 8.60. The molecule has 4 rings (SSSR count). The molecule has 8 nitrogen and oxygen atoms in total. The Labute approximate surface area is 207 Å². The van der Waals surface area contributed by atoms with E-state index >= 15 is 0 Å². The summed E-state index contributed by atoms with van der Waals surface area (Å²) in [6.07, 6.45) is 6.33. The zero-order valence-corrected chi connectivity index (χ0v) is 21.0. The minimum atomic E-state index is -0.268. The first-order chi connectivity index (χ1) is 17.1. The van der Waals surface area contributed by atoms with E-state index in [0.29, 0.717) is 19.8 Å². The van der Waals surface area contributed by atoms with Crippen molar-refractivity contribution in [3.63, 3.8) is 0 Å². The van der Waals surface area contributed by atoms with Gasteiger partial charge in [0.05, 0.1) is 13.7 Å². The summed E-state index contributed by atoms with van der Waals surface area (Å²) in [6, 6.07) is 14.4. The summed E-state index contributed by atoms with van der Waals surface area (Å²) < 4.78 is 25.6. The Morgan fingerprint density at radius 2 is 1.71 bits per heavy atom. The monoisotopic (exact) mass is 480 g/mol. The maximum atomic E-state index is 6.13. The van der Waals surface area contributed by atoms with Gasteiger partial charge >= 0.3 is 0 Å². The maximum absolute atomic E-state index is 6.13. The molecule has 0 amide bonds. The van der Waals surface area contributed by atoms with Gasteiger partial charge in [-0.1, -0.05) is 23.8 Å². The van der Waals surface area contributed by atoms with Crippen molar-refractivity contribution < 1.29 is 18.9 Å². The maximum Gasteiger partial charge on any atom is 0.161 e. The van der Waals surface area contributed by atoms with E-state index in [0.717, 1.165) is 56.1 Å². The molecule has 1 aliphatic heterocycles. The first-order valence-electron chi connectivity index (χ1n) is 12.2. The van der Waals surface area contributed by atoms with Crippen molar-refractivity contribution in [3.05, 3.63) is 66.2 Å². The number of likely N-dealkylation sites (tertiary alicyclic amines) is 1. The number of hydrogen-bond donors (Lipinski definition) is 0. The number of nitrogens with zero attached hydrogens (tertiary/aromatic N) is 4. The van der Waals surface area contributed by atoms with E-state index < -0.39 is 0 Å². The summed E-state index contributed by atoms with van der Waals surface area (Å²) in [5.41, 5.74) is 2.16. The quantitative estimate of drug-likeness (QED) is 0.409. The minimum absolute atomic E-state index is 0.268. The fourth-order valence-electron chi connectivity index (χ4n) is 4.43. The molecule has 1 aliphatic rings.